The van der Waals surface area contributed by atoms with Crippen molar-refractivity contribution >= 4 is 34.9 Å². The summed E-state index contributed by atoms with van der Waals surface area (Å²) in [5, 5.41) is 11.3. The number of halogens is 1. The van der Waals surface area contributed by atoms with Crippen molar-refractivity contribution in [3.8, 4) is 0 Å². The molecule has 1 aliphatic heterocycles. The normalized spacial score (nSPS) is 16.7. The molecule has 142 valence electrons. The van der Waals surface area contributed by atoms with Crippen LogP contribution in [0.25, 0.3) is 0 Å². The van der Waals surface area contributed by atoms with Crippen LogP contribution >= 0.6 is 22.9 Å². The van der Waals surface area contributed by atoms with Crippen LogP contribution in [0.4, 0.5) is 4.79 Å². The van der Waals surface area contributed by atoms with E-state index in [1.54, 1.807) is 6.92 Å². The fourth-order valence-electron chi connectivity index (χ4n) is 2.84. The predicted octanol–water partition coefficient (Wildman–Crippen LogP) is 3.36. The first-order valence-electron chi connectivity index (χ1n) is 8.55. The lowest BCUT2D eigenvalue weighted by Gasteiger charge is -2.28. The third-order valence-electron chi connectivity index (χ3n) is 4.05. The van der Waals surface area contributed by atoms with Gasteiger partial charge in [-0.05, 0) is 30.0 Å². The Morgan fingerprint density at radius 1 is 1.26 bits per heavy atom. The molecule has 2 amide bonds. The molecule has 1 aromatic carbocycles. The zero-order valence-electron chi connectivity index (χ0n) is 14.8. The quantitative estimate of drug-likeness (QED) is 0.617. The number of carbonyl (C=O) groups excluding carboxylic acids is 2. The average Bonchev–Trinajstić information content (AvgIpc) is 3.17. The van der Waals surface area contributed by atoms with Crippen LogP contribution in [0.3, 0.4) is 0 Å². The third-order valence-corrected chi connectivity index (χ3v) is 5.36. The Bertz CT molecular complexity index is 852. The number of hydrogen-bond donors (Lipinski definition) is 3. The zero-order chi connectivity index (χ0) is 19.2. The molecular formula is C19H20ClN3O3S. The molecule has 0 radical (unpaired) electrons. The Kier molecular flexibility index (Phi) is 6.49. The fraction of sp³-hybridized carbons (Fsp3) is 0.263. The lowest BCUT2D eigenvalue weighted by molar-refractivity contribution is -0.139. The van der Waals surface area contributed by atoms with Crippen molar-refractivity contribution in [2.24, 2.45) is 0 Å². The van der Waals surface area contributed by atoms with Gasteiger partial charge in [0.15, 0.2) is 0 Å². The lowest BCUT2D eigenvalue weighted by atomic mass is 10.0. The molecule has 2 heterocycles. The number of nitrogens with one attached hydrogen (secondary N) is 3. The molecule has 0 fully saturated rings. The molecule has 0 spiro atoms. The summed E-state index contributed by atoms with van der Waals surface area (Å²) in [6, 6.07) is 10.4. The Morgan fingerprint density at radius 3 is 2.78 bits per heavy atom. The summed E-state index contributed by atoms with van der Waals surface area (Å²) in [5.74, 6) is -0.446. The van der Waals surface area contributed by atoms with Gasteiger partial charge in [-0.15, -0.1) is 11.3 Å². The van der Waals surface area contributed by atoms with Crippen molar-refractivity contribution < 1.29 is 14.3 Å². The molecule has 1 atom stereocenters. The van der Waals surface area contributed by atoms with Gasteiger partial charge in [-0.25, -0.2) is 9.59 Å². The highest BCUT2D eigenvalue weighted by molar-refractivity contribution is 7.10. The number of urea groups is 1. The monoisotopic (exact) mass is 405 g/mol. The van der Waals surface area contributed by atoms with Gasteiger partial charge in [0.1, 0.15) is 0 Å². The first-order valence-corrected chi connectivity index (χ1v) is 9.81. The summed E-state index contributed by atoms with van der Waals surface area (Å²) in [7, 11) is 0. The Hall–Kier alpha value is -2.35. The third kappa shape index (κ3) is 4.68. The Balaban J connectivity index is 1.84. The Morgan fingerprint density at radius 2 is 2.07 bits per heavy atom. The summed E-state index contributed by atoms with van der Waals surface area (Å²) in [6.45, 7) is 2.82. The van der Waals surface area contributed by atoms with E-state index in [1.807, 2.05) is 41.8 Å². The Labute approximate surface area is 166 Å². The highest BCUT2D eigenvalue weighted by Crippen LogP contribution is 2.30. The van der Waals surface area contributed by atoms with Crippen LogP contribution in [0.1, 0.15) is 23.4 Å². The average molecular weight is 406 g/mol. The van der Waals surface area contributed by atoms with Gasteiger partial charge in [-0.1, -0.05) is 35.9 Å². The van der Waals surface area contributed by atoms with E-state index in [-0.39, 0.29) is 12.6 Å². The largest absolute Gasteiger partial charge is 0.463 e. The molecule has 0 bridgehead atoms. The smallest absolute Gasteiger partial charge is 0.338 e. The SMILES string of the molecule is CCOC(=O)C1=C(CNCc2ccccc2Cl)NC(=O)NC1c1cccs1. The minimum Gasteiger partial charge on any atom is -0.463 e. The second-order valence-corrected chi connectivity index (χ2v) is 7.24. The molecule has 1 unspecified atom stereocenters. The number of carbonyl (C=O) groups is 2. The molecule has 2 aromatic rings. The summed E-state index contributed by atoms with van der Waals surface area (Å²) in [6.07, 6.45) is 0. The standard InChI is InChI=1S/C19H20ClN3O3S/c1-2-26-18(24)16-14(11-21-10-12-6-3-4-7-13(12)20)22-19(25)23-17(16)15-8-5-9-27-15/h3-9,17,21H,2,10-11H2,1H3,(H2,22,23,25). The predicted molar refractivity (Wildman–Crippen MR) is 106 cm³/mol. The van der Waals surface area contributed by atoms with Crippen LogP contribution in [0.15, 0.2) is 53.0 Å². The van der Waals surface area contributed by atoms with Crippen LogP contribution in [0, 0.1) is 0 Å². The molecule has 6 nitrogen and oxygen atoms in total. The van der Waals surface area contributed by atoms with Crippen LogP contribution in [0.2, 0.25) is 5.02 Å². The van der Waals surface area contributed by atoms with Crippen molar-refractivity contribution in [1.29, 1.82) is 0 Å². The number of hydrogen-bond acceptors (Lipinski definition) is 5. The fourth-order valence-corrected chi connectivity index (χ4v) is 3.83. The van der Waals surface area contributed by atoms with Crippen LogP contribution < -0.4 is 16.0 Å². The minimum atomic E-state index is -0.532. The second-order valence-electron chi connectivity index (χ2n) is 5.85. The molecule has 0 aliphatic carbocycles. The number of rotatable bonds is 7. The molecular weight excluding hydrogens is 386 g/mol. The summed E-state index contributed by atoms with van der Waals surface area (Å²) in [5.41, 5.74) is 1.85. The van der Waals surface area contributed by atoms with Crippen molar-refractivity contribution in [3.05, 3.63) is 68.5 Å². The van der Waals surface area contributed by atoms with Gasteiger partial charge in [-0.3, -0.25) is 0 Å². The molecule has 3 rings (SSSR count). The van der Waals surface area contributed by atoms with E-state index >= 15 is 0 Å². The van der Waals surface area contributed by atoms with Gasteiger partial charge in [0.05, 0.1) is 18.2 Å². The van der Waals surface area contributed by atoms with E-state index in [0.717, 1.165) is 10.4 Å². The van der Waals surface area contributed by atoms with Gasteiger partial charge in [0.2, 0.25) is 0 Å². The van der Waals surface area contributed by atoms with E-state index in [4.69, 9.17) is 16.3 Å². The van der Waals surface area contributed by atoms with Crippen molar-refractivity contribution in [2.45, 2.75) is 19.5 Å². The number of ether oxygens (including phenoxy) is 1. The molecule has 3 N–H and O–H groups in total. The molecule has 1 aromatic heterocycles. The number of thiophene rings is 1. The van der Waals surface area contributed by atoms with Crippen LogP contribution in [0.5, 0.6) is 0 Å². The molecule has 0 saturated heterocycles. The summed E-state index contributed by atoms with van der Waals surface area (Å²) in [4.78, 5) is 25.6. The highest BCUT2D eigenvalue weighted by Gasteiger charge is 2.34. The molecule has 1 aliphatic rings. The van der Waals surface area contributed by atoms with Crippen LogP contribution in [-0.4, -0.2) is 25.2 Å². The lowest BCUT2D eigenvalue weighted by Crippen LogP contribution is -2.47. The van der Waals surface area contributed by atoms with E-state index in [1.165, 1.54) is 11.3 Å². The summed E-state index contributed by atoms with van der Waals surface area (Å²) >= 11 is 7.65. The van der Waals surface area contributed by atoms with Gasteiger partial charge in [-0.2, -0.15) is 0 Å². The topological polar surface area (TPSA) is 79.5 Å². The van der Waals surface area contributed by atoms with Gasteiger partial charge < -0.3 is 20.7 Å². The zero-order valence-corrected chi connectivity index (χ0v) is 16.3. The van der Waals surface area contributed by atoms with Crippen molar-refractivity contribution in [2.75, 3.05) is 13.2 Å². The van der Waals surface area contributed by atoms with E-state index < -0.39 is 12.0 Å². The maximum atomic E-state index is 12.6. The first-order chi connectivity index (χ1) is 13.1. The second kappa shape index (κ2) is 9.03. The molecule has 27 heavy (non-hydrogen) atoms. The van der Waals surface area contributed by atoms with Crippen molar-refractivity contribution in [3.63, 3.8) is 0 Å². The van der Waals surface area contributed by atoms with Gasteiger partial charge >= 0.3 is 12.0 Å². The molecule has 0 saturated carbocycles. The van der Waals surface area contributed by atoms with Gasteiger partial charge in [0.25, 0.3) is 0 Å². The van der Waals surface area contributed by atoms with Crippen LogP contribution in [-0.2, 0) is 16.1 Å². The summed E-state index contributed by atoms with van der Waals surface area (Å²) < 4.78 is 5.23. The van der Waals surface area contributed by atoms with Gasteiger partial charge in [0, 0.05) is 28.7 Å². The number of benzene rings is 1. The maximum absolute atomic E-state index is 12.6. The first kappa shape index (κ1) is 19.4. The maximum Gasteiger partial charge on any atom is 0.338 e. The van der Waals surface area contributed by atoms with Crippen molar-refractivity contribution in [1.82, 2.24) is 16.0 Å². The number of amides is 2. The highest BCUT2D eigenvalue weighted by atomic mass is 35.5. The minimum absolute atomic E-state index is 0.258. The number of esters is 1. The van der Waals surface area contributed by atoms with E-state index in [2.05, 4.69) is 16.0 Å². The van der Waals surface area contributed by atoms with E-state index in [9.17, 15) is 9.59 Å². The molecule has 8 heteroatoms. The van der Waals surface area contributed by atoms with E-state index in [0.29, 0.717) is 29.4 Å².